The molecule has 5 N–H and O–H groups in total. The molecule has 2 unspecified atom stereocenters. The smallest absolute Gasteiger partial charge is 0.354 e. The molecule has 2 atom stereocenters. The van der Waals surface area contributed by atoms with Gasteiger partial charge in [0.25, 0.3) is 10.0 Å². The Hall–Kier alpha value is -3.00. The van der Waals surface area contributed by atoms with E-state index < -0.39 is 33.2 Å². The van der Waals surface area contributed by atoms with Gasteiger partial charge < -0.3 is 25.6 Å². The highest BCUT2D eigenvalue weighted by Crippen LogP contribution is 2.43. The second kappa shape index (κ2) is 9.93. The maximum absolute atomic E-state index is 12.8. The van der Waals surface area contributed by atoms with E-state index in [0.717, 1.165) is 52.3 Å². The van der Waals surface area contributed by atoms with Gasteiger partial charge in [0.2, 0.25) is 0 Å². The van der Waals surface area contributed by atoms with E-state index in [2.05, 4.69) is 21.8 Å². The molecular formula is C22H29N5O7S. The zero-order valence-electron chi connectivity index (χ0n) is 19.5. The van der Waals surface area contributed by atoms with Crippen molar-refractivity contribution in [3.63, 3.8) is 0 Å². The molecule has 0 spiro atoms. The largest absolute Gasteiger partial charge is 0.477 e. The summed E-state index contributed by atoms with van der Waals surface area (Å²) in [7, 11) is -1.34. The van der Waals surface area contributed by atoms with E-state index in [9.17, 15) is 23.1 Å². The highest BCUT2D eigenvalue weighted by molar-refractivity contribution is 7.90. The van der Waals surface area contributed by atoms with Crippen molar-refractivity contribution in [1.82, 2.24) is 19.8 Å². The van der Waals surface area contributed by atoms with E-state index in [1.807, 2.05) is 4.72 Å². The van der Waals surface area contributed by atoms with Gasteiger partial charge in [-0.2, -0.15) is 13.5 Å². The average molecular weight is 508 g/mol. The highest BCUT2D eigenvalue weighted by atomic mass is 32.2. The Kier molecular flexibility index (Phi) is 7.12. The quantitative estimate of drug-likeness (QED) is 0.328. The number of aromatic nitrogens is 2. The van der Waals surface area contributed by atoms with Crippen LogP contribution >= 0.6 is 0 Å². The van der Waals surface area contributed by atoms with Gasteiger partial charge in [-0.3, -0.25) is 4.68 Å². The predicted octanol–water partition coefficient (Wildman–Crippen LogP) is 0.702. The lowest BCUT2D eigenvalue weighted by atomic mass is 9.98. The van der Waals surface area contributed by atoms with Crippen molar-refractivity contribution < 1.29 is 33.0 Å². The number of carboxylic acid groups (broad SMARTS) is 1. The second-order valence-corrected chi connectivity index (χ2v) is 10.4. The standard InChI is InChI=1S/C22H29N5O7S/c1-23-10-13(28)11-34-18-7-6-15-16(18)8-12-4-3-5-14(12)20(15)24-22(31)26-35(32,33)19-9-17(21(29)30)27(2)25-19/h8-9,13,18,23,28H,3-7,10-11H2,1-2H3,(H,29,30)(H2,24,26,31). The summed E-state index contributed by atoms with van der Waals surface area (Å²) in [6, 6.07) is 2.03. The first kappa shape index (κ1) is 25.1. The summed E-state index contributed by atoms with van der Waals surface area (Å²) in [5.41, 5.74) is 4.18. The predicted molar refractivity (Wildman–Crippen MR) is 125 cm³/mol. The number of hydrogen-bond acceptors (Lipinski definition) is 8. The van der Waals surface area contributed by atoms with Crippen LogP contribution in [0.5, 0.6) is 0 Å². The third kappa shape index (κ3) is 5.17. The number of carbonyl (C=O) groups excluding carboxylic acids is 1. The van der Waals surface area contributed by atoms with Crippen molar-refractivity contribution in [1.29, 1.82) is 0 Å². The molecular weight excluding hydrogens is 478 g/mol. The van der Waals surface area contributed by atoms with E-state index in [4.69, 9.17) is 9.84 Å². The Bertz CT molecular complexity index is 1260. The number of fused-ring (bicyclic) bond motifs is 2. The molecule has 2 aromatic rings. The summed E-state index contributed by atoms with van der Waals surface area (Å²) in [6.07, 6.45) is 2.99. The van der Waals surface area contributed by atoms with Crippen LogP contribution in [-0.4, -0.2) is 66.7 Å². The minimum atomic E-state index is -4.39. The number of benzene rings is 1. The number of aliphatic hydroxyl groups excluding tert-OH is 1. The molecule has 13 heteroatoms. The maximum atomic E-state index is 12.8. The number of carboxylic acids is 1. The normalized spacial score (nSPS) is 17.6. The SMILES string of the molecule is CNCC(O)COC1CCc2c1cc1c(c2NC(=O)NS(=O)(=O)c2cc(C(=O)O)n(C)n2)CCC1. The summed E-state index contributed by atoms with van der Waals surface area (Å²) >= 11 is 0. The number of anilines is 1. The van der Waals surface area contributed by atoms with Gasteiger partial charge >= 0.3 is 12.0 Å². The lowest BCUT2D eigenvalue weighted by molar-refractivity contribution is -0.00835. The van der Waals surface area contributed by atoms with Gasteiger partial charge in [0.05, 0.1) is 18.8 Å². The maximum Gasteiger partial charge on any atom is 0.354 e. The van der Waals surface area contributed by atoms with Crippen LogP contribution in [-0.2, 0) is 41.1 Å². The minimum Gasteiger partial charge on any atom is -0.477 e. The number of aryl methyl sites for hydroxylation is 2. The molecule has 1 aromatic heterocycles. The Morgan fingerprint density at radius 3 is 2.71 bits per heavy atom. The molecule has 35 heavy (non-hydrogen) atoms. The van der Waals surface area contributed by atoms with Crippen molar-refractivity contribution in [2.45, 2.75) is 49.3 Å². The fraction of sp³-hybridized carbons (Fsp3) is 0.500. The average Bonchev–Trinajstić information content (AvgIpc) is 3.50. The topological polar surface area (TPSA) is 172 Å². The first-order valence-corrected chi connectivity index (χ1v) is 12.8. The zero-order valence-corrected chi connectivity index (χ0v) is 20.3. The molecule has 0 radical (unpaired) electrons. The van der Waals surface area contributed by atoms with Crippen molar-refractivity contribution in [2.24, 2.45) is 7.05 Å². The molecule has 12 nitrogen and oxygen atoms in total. The van der Waals surface area contributed by atoms with E-state index >= 15 is 0 Å². The summed E-state index contributed by atoms with van der Waals surface area (Å²) < 4.78 is 34.1. The van der Waals surface area contributed by atoms with Crippen LogP contribution in [0, 0.1) is 0 Å². The van der Waals surface area contributed by atoms with Crippen LogP contribution in [0.1, 0.15) is 51.7 Å². The number of aliphatic hydroxyl groups is 1. The number of nitrogens with zero attached hydrogens (tertiary/aromatic N) is 2. The van der Waals surface area contributed by atoms with Crippen LogP contribution in [0.2, 0.25) is 0 Å². The number of aromatic carboxylic acids is 1. The van der Waals surface area contributed by atoms with Gasteiger partial charge in [0.1, 0.15) is 5.69 Å². The molecule has 0 bridgehead atoms. The van der Waals surface area contributed by atoms with Crippen LogP contribution in [0.3, 0.4) is 0 Å². The molecule has 0 saturated carbocycles. The van der Waals surface area contributed by atoms with Gasteiger partial charge in [0, 0.05) is 25.3 Å². The van der Waals surface area contributed by atoms with Crippen molar-refractivity contribution in [3.8, 4) is 0 Å². The number of sulfonamides is 1. The molecule has 1 heterocycles. The van der Waals surface area contributed by atoms with Gasteiger partial charge in [-0.15, -0.1) is 0 Å². The lowest BCUT2D eigenvalue weighted by Gasteiger charge is -2.19. The van der Waals surface area contributed by atoms with Gasteiger partial charge in [-0.25, -0.2) is 14.3 Å². The zero-order chi connectivity index (χ0) is 25.3. The molecule has 2 aliphatic carbocycles. The van der Waals surface area contributed by atoms with Crippen molar-refractivity contribution in [2.75, 3.05) is 25.5 Å². The van der Waals surface area contributed by atoms with Crippen LogP contribution < -0.4 is 15.4 Å². The van der Waals surface area contributed by atoms with Crippen molar-refractivity contribution in [3.05, 3.63) is 40.1 Å². The number of nitrogens with one attached hydrogen (secondary N) is 3. The third-order valence-electron chi connectivity index (χ3n) is 6.29. The molecule has 2 amide bonds. The van der Waals surface area contributed by atoms with Gasteiger partial charge in [-0.1, -0.05) is 6.07 Å². The molecule has 4 rings (SSSR count). The molecule has 0 aliphatic heterocycles. The summed E-state index contributed by atoms with van der Waals surface area (Å²) in [5, 5.41) is 27.9. The monoisotopic (exact) mass is 507 g/mol. The number of ether oxygens (including phenoxy) is 1. The Balaban J connectivity index is 1.54. The third-order valence-corrected chi connectivity index (χ3v) is 7.50. The number of hydrogen-bond donors (Lipinski definition) is 5. The molecule has 190 valence electrons. The second-order valence-electron chi connectivity index (χ2n) is 8.74. The molecule has 2 aliphatic rings. The van der Waals surface area contributed by atoms with E-state index in [0.29, 0.717) is 25.1 Å². The van der Waals surface area contributed by atoms with E-state index in [-0.39, 0.29) is 18.4 Å². The number of urea groups is 1. The number of carbonyl (C=O) groups is 2. The Morgan fingerprint density at radius 2 is 2.03 bits per heavy atom. The summed E-state index contributed by atoms with van der Waals surface area (Å²) in [4.78, 5) is 24.0. The first-order valence-electron chi connectivity index (χ1n) is 11.3. The number of rotatable bonds is 9. The van der Waals surface area contributed by atoms with E-state index in [1.165, 1.54) is 7.05 Å². The Morgan fingerprint density at radius 1 is 1.26 bits per heavy atom. The summed E-state index contributed by atoms with van der Waals surface area (Å²) in [5.74, 6) is -1.34. The van der Waals surface area contributed by atoms with Gasteiger partial charge in [-0.05, 0) is 61.4 Å². The molecule has 1 aromatic carbocycles. The Labute approximate surface area is 202 Å². The fourth-order valence-electron chi connectivity index (χ4n) is 4.73. The van der Waals surface area contributed by atoms with E-state index in [1.54, 1.807) is 7.05 Å². The van der Waals surface area contributed by atoms with Crippen LogP contribution in [0.15, 0.2) is 17.2 Å². The number of amides is 2. The summed E-state index contributed by atoms with van der Waals surface area (Å²) in [6.45, 7) is 0.585. The fourth-order valence-corrected chi connectivity index (χ4v) is 5.63. The van der Waals surface area contributed by atoms with Crippen LogP contribution in [0.4, 0.5) is 10.5 Å². The van der Waals surface area contributed by atoms with Crippen molar-refractivity contribution >= 4 is 27.7 Å². The minimum absolute atomic E-state index is 0.173. The first-order chi connectivity index (χ1) is 16.6. The van der Waals surface area contributed by atoms with Crippen LogP contribution in [0.25, 0.3) is 0 Å². The molecule has 0 fully saturated rings. The number of likely N-dealkylation sites (N-methyl/N-ethyl adjacent to an activating group) is 1. The highest BCUT2D eigenvalue weighted by Gasteiger charge is 2.32. The lowest BCUT2D eigenvalue weighted by Crippen LogP contribution is -2.35. The van der Waals surface area contributed by atoms with Gasteiger partial charge in [0.15, 0.2) is 5.03 Å². The molecule has 0 saturated heterocycles.